The van der Waals surface area contributed by atoms with Crippen molar-refractivity contribution >= 4 is 31.9 Å². The minimum Gasteiger partial charge on any atom is -0.0925 e. The highest BCUT2D eigenvalue weighted by atomic mass is 79.9. The van der Waals surface area contributed by atoms with Crippen molar-refractivity contribution in [3.8, 4) is 0 Å². The number of hydrogen-bond acceptors (Lipinski definition) is 0. The van der Waals surface area contributed by atoms with Gasteiger partial charge in [-0.15, -0.1) is 0 Å². The summed E-state index contributed by atoms with van der Waals surface area (Å²) in [4.78, 5) is 0.671. The van der Waals surface area contributed by atoms with Crippen molar-refractivity contribution in [3.63, 3.8) is 0 Å². The first-order valence-corrected chi connectivity index (χ1v) is 13.5. The smallest absolute Gasteiger partial charge is 0.0180 e. The van der Waals surface area contributed by atoms with E-state index in [0.717, 1.165) is 18.2 Å². The van der Waals surface area contributed by atoms with E-state index >= 15 is 0 Å². The summed E-state index contributed by atoms with van der Waals surface area (Å²) < 4.78 is 0. The summed E-state index contributed by atoms with van der Waals surface area (Å²) >= 11 is 7.28. The van der Waals surface area contributed by atoms with E-state index in [4.69, 9.17) is 0 Å². The van der Waals surface area contributed by atoms with E-state index in [2.05, 4.69) is 75.2 Å². The van der Waals surface area contributed by atoms with Crippen LogP contribution in [0.3, 0.4) is 0 Å². The molecule has 0 saturated carbocycles. The molecule has 0 bridgehead atoms. The van der Waals surface area contributed by atoms with Crippen molar-refractivity contribution in [1.82, 2.24) is 0 Å². The van der Waals surface area contributed by atoms with Crippen LogP contribution in [0.2, 0.25) is 0 Å². The van der Waals surface area contributed by atoms with Crippen LogP contribution >= 0.6 is 31.9 Å². The summed E-state index contributed by atoms with van der Waals surface area (Å²) in [7, 11) is 0. The topological polar surface area (TPSA) is 0 Å². The minimum absolute atomic E-state index is 0.671. The summed E-state index contributed by atoms with van der Waals surface area (Å²) in [6.45, 7) is 2.28. The van der Waals surface area contributed by atoms with Crippen molar-refractivity contribution in [1.29, 1.82) is 0 Å². The second-order valence-electron chi connectivity index (χ2n) is 7.51. The number of halogens is 2. The van der Waals surface area contributed by atoms with E-state index in [1.54, 1.807) is 0 Å². The second-order valence-corrected chi connectivity index (χ2v) is 9.60. The molecule has 0 fully saturated rings. The zero-order valence-electron chi connectivity index (χ0n) is 17.8. The zero-order valence-corrected chi connectivity index (χ0v) is 21.0. The number of unbranched alkanes of at least 4 members (excludes halogenated alkanes) is 10. The zero-order chi connectivity index (χ0) is 19.8. The fourth-order valence-corrected chi connectivity index (χ4v) is 3.88. The van der Waals surface area contributed by atoms with Crippen LogP contribution in [-0.4, -0.2) is 10.2 Å². The van der Waals surface area contributed by atoms with E-state index in [1.165, 1.54) is 89.9 Å². The van der Waals surface area contributed by atoms with Gasteiger partial charge in [-0.3, -0.25) is 0 Å². The van der Waals surface area contributed by atoms with Gasteiger partial charge in [0.15, 0.2) is 0 Å². The summed E-state index contributed by atoms with van der Waals surface area (Å²) in [6, 6.07) is 0. The van der Waals surface area contributed by atoms with Gasteiger partial charge in [0.05, 0.1) is 0 Å². The summed E-state index contributed by atoms with van der Waals surface area (Å²) in [5, 5.41) is 1.07. The SMILES string of the molecule is CCCCCCCC/C=C\CC(Br)CCCCCCC=CCC=CCCBr. The Hall–Kier alpha value is 0.180. The molecule has 27 heavy (non-hydrogen) atoms. The number of allylic oxidation sites excluding steroid dienone is 6. The molecule has 158 valence electrons. The van der Waals surface area contributed by atoms with Crippen LogP contribution in [0.4, 0.5) is 0 Å². The Morgan fingerprint density at radius 3 is 1.85 bits per heavy atom. The predicted octanol–water partition coefficient (Wildman–Crippen LogP) is 10.1. The first-order valence-electron chi connectivity index (χ1n) is 11.5. The fourth-order valence-electron chi connectivity index (χ4n) is 3.07. The van der Waals surface area contributed by atoms with Crippen LogP contribution in [0.25, 0.3) is 0 Å². The van der Waals surface area contributed by atoms with Crippen molar-refractivity contribution in [2.45, 2.75) is 114 Å². The third-order valence-electron chi connectivity index (χ3n) is 4.80. The predicted molar refractivity (Wildman–Crippen MR) is 133 cm³/mol. The molecule has 0 saturated heterocycles. The van der Waals surface area contributed by atoms with Crippen molar-refractivity contribution in [2.24, 2.45) is 0 Å². The van der Waals surface area contributed by atoms with Crippen molar-refractivity contribution in [2.75, 3.05) is 5.33 Å². The molecular weight excluding hydrogens is 460 g/mol. The summed E-state index contributed by atoms with van der Waals surface area (Å²) in [6.07, 6.45) is 35.0. The number of hydrogen-bond donors (Lipinski definition) is 0. The molecule has 2 heteroatoms. The lowest BCUT2D eigenvalue weighted by Gasteiger charge is -2.06. The number of rotatable bonds is 20. The second kappa shape index (κ2) is 24.2. The monoisotopic (exact) mass is 502 g/mol. The molecule has 0 aromatic heterocycles. The Kier molecular flexibility index (Phi) is 24.4. The molecule has 0 rings (SSSR count). The average molecular weight is 504 g/mol. The lowest BCUT2D eigenvalue weighted by molar-refractivity contribution is 0.606. The molecule has 0 radical (unpaired) electrons. The van der Waals surface area contributed by atoms with Crippen LogP contribution in [0.1, 0.15) is 110 Å². The highest BCUT2D eigenvalue weighted by Crippen LogP contribution is 2.17. The van der Waals surface area contributed by atoms with Gasteiger partial charge in [0.1, 0.15) is 0 Å². The van der Waals surface area contributed by atoms with Gasteiger partial charge in [0, 0.05) is 10.2 Å². The Morgan fingerprint density at radius 1 is 0.630 bits per heavy atom. The summed E-state index contributed by atoms with van der Waals surface area (Å²) in [5.41, 5.74) is 0. The fraction of sp³-hybridized carbons (Fsp3) is 0.760. The maximum Gasteiger partial charge on any atom is 0.0180 e. The molecule has 0 heterocycles. The van der Waals surface area contributed by atoms with Crippen molar-refractivity contribution in [3.05, 3.63) is 36.5 Å². The third kappa shape index (κ3) is 24.1. The van der Waals surface area contributed by atoms with Crippen LogP contribution in [-0.2, 0) is 0 Å². The lowest BCUT2D eigenvalue weighted by atomic mass is 10.1. The molecule has 1 unspecified atom stereocenters. The molecule has 0 aromatic rings. The first-order chi connectivity index (χ1) is 13.3. The third-order valence-corrected chi connectivity index (χ3v) is 6.09. The van der Waals surface area contributed by atoms with Crippen LogP contribution in [0, 0.1) is 0 Å². The van der Waals surface area contributed by atoms with Gasteiger partial charge in [-0.1, -0.05) is 127 Å². The number of alkyl halides is 2. The Bertz CT molecular complexity index is 357. The van der Waals surface area contributed by atoms with E-state index in [9.17, 15) is 0 Å². The first kappa shape index (κ1) is 27.2. The summed E-state index contributed by atoms with van der Waals surface area (Å²) in [5.74, 6) is 0. The molecule has 0 N–H and O–H groups in total. The van der Waals surface area contributed by atoms with Gasteiger partial charge in [-0.2, -0.15) is 0 Å². The molecule has 0 aliphatic carbocycles. The molecule has 0 aliphatic rings. The van der Waals surface area contributed by atoms with Gasteiger partial charge in [-0.05, 0) is 51.4 Å². The van der Waals surface area contributed by atoms with Gasteiger partial charge in [-0.25, -0.2) is 0 Å². The standard InChI is InChI=1S/C25H44Br2/c1-2-3-4-5-6-10-13-16-19-22-25(27)23-20-17-14-11-8-7-9-12-15-18-21-24-26/h7,9,15-16,18-19,25H,2-6,8,10-14,17,20-24H2,1H3/b9-7?,18-15?,19-16-. The van der Waals surface area contributed by atoms with E-state index < -0.39 is 0 Å². The van der Waals surface area contributed by atoms with Crippen LogP contribution < -0.4 is 0 Å². The Balaban J connectivity index is 3.32. The van der Waals surface area contributed by atoms with Gasteiger partial charge < -0.3 is 0 Å². The molecular formula is C25H44Br2. The molecule has 0 aliphatic heterocycles. The molecule has 0 nitrogen and oxygen atoms in total. The Labute approximate surface area is 187 Å². The van der Waals surface area contributed by atoms with E-state index in [-0.39, 0.29) is 0 Å². The van der Waals surface area contributed by atoms with Gasteiger partial charge in [0.25, 0.3) is 0 Å². The minimum atomic E-state index is 0.671. The molecule has 0 spiro atoms. The van der Waals surface area contributed by atoms with Gasteiger partial charge in [0.2, 0.25) is 0 Å². The quantitative estimate of drug-likeness (QED) is 0.0879. The highest BCUT2D eigenvalue weighted by molar-refractivity contribution is 9.09. The van der Waals surface area contributed by atoms with Gasteiger partial charge >= 0.3 is 0 Å². The maximum atomic E-state index is 3.85. The maximum absolute atomic E-state index is 3.85. The highest BCUT2D eigenvalue weighted by Gasteiger charge is 2.01. The Morgan fingerprint density at radius 2 is 1.19 bits per heavy atom. The van der Waals surface area contributed by atoms with E-state index in [0.29, 0.717) is 4.83 Å². The normalized spacial score (nSPS) is 13.4. The van der Waals surface area contributed by atoms with Crippen molar-refractivity contribution < 1.29 is 0 Å². The molecule has 0 aromatic carbocycles. The lowest BCUT2D eigenvalue weighted by Crippen LogP contribution is -1.95. The van der Waals surface area contributed by atoms with Crippen LogP contribution in [0.15, 0.2) is 36.5 Å². The van der Waals surface area contributed by atoms with E-state index in [1.807, 2.05) is 0 Å². The average Bonchev–Trinajstić information content (AvgIpc) is 2.67. The molecule has 0 amide bonds. The largest absolute Gasteiger partial charge is 0.0925 e. The van der Waals surface area contributed by atoms with Crippen LogP contribution in [0.5, 0.6) is 0 Å². The molecule has 1 atom stereocenters.